The molecule has 0 aromatic heterocycles. The molecule has 0 atom stereocenters. The van der Waals surface area contributed by atoms with Crippen LogP contribution in [0.15, 0.2) is 16.6 Å². The molecular weight excluding hydrogens is 330 g/mol. The Kier molecular flexibility index (Phi) is 4.25. The Hall–Kier alpha value is -1.03. The van der Waals surface area contributed by atoms with Gasteiger partial charge in [-0.15, -0.1) is 0 Å². The molecule has 1 aromatic rings. The molecule has 1 N–H and O–H groups in total. The molecule has 0 unspecified atom stereocenters. The molecule has 1 heterocycles. The van der Waals surface area contributed by atoms with E-state index in [1.165, 1.54) is 24.8 Å². The van der Waals surface area contributed by atoms with Crippen LogP contribution < -0.4 is 10.1 Å². The molecule has 2 aliphatic rings. The van der Waals surface area contributed by atoms with Crippen molar-refractivity contribution in [2.24, 2.45) is 5.41 Å². The molecule has 21 heavy (non-hydrogen) atoms. The summed E-state index contributed by atoms with van der Waals surface area (Å²) in [6.07, 6.45) is 6.56. The molecule has 1 aliphatic carbocycles. The summed E-state index contributed by atoms with van der Waals surface area (Å²) in [6.45, 7) is 3.39. The average molecular weight is 352 g/mol. The van der Waals surface area contributed by atoms with E-state index in [1.807, 2.05) is 6.07 Å². The van der Waals surface area contributed by atoms with Gasteiger partial charge in [-0.05, 0) is 30.5 Å². The highest BCUT2D eigenvalue weighted by molar-refractivity contribution is 9.10. The second-order valence-corrected chi connectivity index (χ2v) is 7.37. The number of rotatable bonds is 3. The summed E-state index contributed by atoms with van der Waals surface area (Å²) in [5.41, 5.74) is 2.12. The summed E-state index contributed by atoms with van der Waals surface area (Å²) in [4.78, 5) is 12.5. The summed E-state index contributed by atoms with van der Waals surface area (Å²) in [5, 5.41) is 3.13. The van der Waals surface area contributed by atoms with Gasteiger partial charge in [0.2, 0.25) is 5.91 Å². The molecule has 1 fully saturated rings. The van der Waals surface area contributed by atoms with Crippen LogP contribution in [-0.4, -0.2) is 12.5 Å². The maximum atomic E-state index is 12.5. The Morgan fingerprint density at radius 3 is 2.86 bits per heavy atom. The Morgan fingerprint density at radius 2 is 2.10 bits per heavy atom. The number of fused-ring (bicyclic) bond motifs is 1. The van der Waals surface area contributed by atoms with E-state index in [4.69, 9.17) is 4.74 Å². The Morgan fingerprint density at radius 1 is 1.33 bits per heavy atom. The molecule has 3 rings (SSSR count). The Bertz CT molecular complexity index is 550. The molecule has 114 valence electrons. The predicted octanol–water partition coefficient (Wildman–Crippen LogP) is 3.97. The van der Waals surface area contributed by atoms with Gasteiger partial charge in [-0.2, -0.15) is 0 Å². The van der Waals surface area contributed by atoms with Crippen molar-refractivity contribution in [3.05, 3.63) is 27.7 Å². The van der Waals surface area contributed by atoms with Gasteiger partial charge in [0, 0.05) is 28.4 Å². The lowest BCUT2D eigenvalue weighted by molar-refractivity contribution is -0.132. The van der Waals surface area contributed by atoms with Crippen molar-refractivity contribution in [1.29, 1.82) is 0 Å². The molecular formula is C17H22BrNO2. The summed E-state index contributed by atoms with van der Waals surface area (Å²) in [6, 6.07) is 4.16. The van der Waals surface area contributed by atoms with Crippen molar-refractivity contribution in [1.82, 2.24) is 5.32 Å². The smallest absolute Gasteiger partial charge is 0.226 e. The fourth-order valence-corrected chi connectivity index (χ4v) is 3.98. The highest BCUT2D eigenvalue weighted by Crippen LogP contribution is 2.37. The van der Waals surface area contributed by atoms with Crippen LogP contribution in [0.2, 0.25) is 0 Å². The minimum Gasteiger partial charge on any atom is -0.493 e. The van der Waals surface area contributed by atoms with Gasteiger partial charge in [-0.1, -0.05) is 42.1 Å². The average Bonchev–Trinajstić information content (AvgIpc) is 2.93. The number of hydrogen-bond donors (Lipinski definition) is 1. The maximum Gasteiger partial charge on any atom is 0.226 e. The molecule has 1 aliphatic heterocycles. The summed E-state index contributed by atoms with van der Waals surface area (Å²) in [5.74, 6) is 1.15. The standard InChI is InChI=1S/C17H22BrNO2/c1-17(6-3-2-4-7-17)16(20)19-11-13-10-14(18)9-12-5-8-21-15(12)13/h9-10H,2-8,11H2,1H3,(H,19,20). The van der Waals surface area contributed by atoms with Crippen LogP contribution in [-0.2, 0) is 17.8 Å². The molecule has 4 heteroatoms. The van der Waals surface area contributed by atoms with Gasteiger partial charge >= 0.3 is 0 Å². The van der Waals surface area contributed by atoms with Crippen LogP contribution >= 0.6 is 15.9 Å². The normalized spacial score (nSPS) is 19.7. The van der Waals surface area contributed by atoms with E-state index in [1.54, 1.807) is 0 Å². The van der Waals surface area contributed by atoms with E-state index in [0.29, 0.717) is 6.54 Å². The minimum absolute atomic E-state index is 0.186. The van der Waals surface area contributed by atoms with E-state index >= 15 is 0 Å². The van der Waals surface area contributed by atoms with E-state index in [0.717, 1.165) is 41.7 Å². The van der Waals surface area contributed by atoms with Crippen molar-refractivity contribution in [3.8, 4) is 5.75 Å². The second-order valence-electron chi connectivity index (χ2n) is 6.46. The predicted molar refractivity (Wildman–Crippen MR) is 86.4 cm³/mol. The van der Waals surface area contributed by atoms with Gasteiger partial charge in [0.1, 0.15) is 5.75 Å². The molecule has 0 saturated heterocycles. The van der Waals surface area contributed by atoms with E-state index in [2.05, 4.69) is 34.2 Å². The highest BCUT2D eigenvalue weighted by Gasteiger charge is 2.34. The van der Waals surface area contributed by atoms with Crippen molar-refractivity contribution in [2.45, 2.75) is 52.0 Å². The van der Waals surface area contributed by atoms with Crippen LogP contribution in [0.5, 0.6) is 5.75 Å². The molecule has 3 nitrogen and oxygen atoms in total. The molecule has 1 amide bonds. The van der Waals surface area contributed by atoms with Gasteiger partial charge in [0.25, 0.3) is 0 Å². The van der Waals surface area contributed by atoms with E-state index < -0.39 is 0 Å². The van der Waals surface area contributed by atoms with Gasteiger partial charge in [-0.25, -0.2) is 0 Å². The maximum absolute atomic E-state index is 12.5. The monoisotopic (exact) mass is 351 g/mol. The number of hydrogen-bond acceptors (Lipinski definition) is 2. The first kappa shape index (κ1) is 14.9. The summed E-state index contributed by atoms with van der Waals surface area (Å²) < 4.78 is 6.77. The fourth-order valence-electron chi connectivity index (χ4n) is 3.43. The highest BCUT2D eigenvalue weighted by atomic mass is 79.9. The fraction of sp³-hybridized carbons (Fsp3) is 0.588. The molecule has 1 saturated carbocycles. The second kappa shape index (κ2) is 5.99. The molecule has 1 aromatic carbocycles. The number of carbonyl (C=O) groups is 1. The lowest BCUT2D eigenvalue weighted by Gasteiger charge is -2.32. The third-order valence-corrected chi connectivity index (χ3v) is 5.23. The quantitative estimate of drug-likeness (QED) is 0.894. The van der Waals surface area contributed by atoms with Gasteiger partial charge < -0.3 is 10.1 Å². The van der Waals surface area contributed by atoms with E-state index in [9.17, 15) is 4.79 Å². The number of carbonyl (C=O) groups excluding carboxylic acids is 1. The number of nitrogens with one attached hydrogen (secondary N) is 1. The number of halogens is 1. The zero-order valence-electron chi connectivity index (χ0n) is 12.5. The zero-order valence-corrected chi connectivity index (χ0v) is 14.1. The molecule has 0 bridgehead atoms. The van der Waals surface area contributed by atoms with Gasteiger partial charge in [-0.3, -0.25) is 4.79 Å². The summed E-state index contributed by atoms with van der Waals surface area (Å²) >= 11 is 3.54. The number of amides is 1. The lowest BCUT2D eigenvalue weighted by atomic mass is 9.75. The first-order chi connectivity index (χ1) is 10.1. The first-order valence-electron chi connectivity index (χ1n) is 7.81. The largest absolute Gasteiger partial charge is 0.493 e. The van der Waals surface area contributed by atoms with E-state index in [-0.39, 0.29) is 11.3 Å². The van der Waals surface area contributed by atoms with Crippen molar-refractivity contribution in [3.63, 3.8) is 0 Å². The zero-order chi connectivity index (χ0) is 14.9. The van der Waals surface area contributed by atoms with Gasteiger partial charge in [0.05, 0.1) is 6.61 Å². The number of benzene rings is 1. The van der Waals surface area contributed by atoms with Crippen molar-refractivity contribution < 1.29 is 9.53 Å². The van der Waals surface area contributed by atoms with Crippen LogP contribution in [0.1, 0.15) is 50.2 Å². The molecule has 0 radical (unpaired) electrons. The lowest BCUT2D eigenvalue weighted by Crippen LogP contribution is -2.39. The third kappa shape index (κ3) is 3.10. The first-order valence-corrected chi connectivity index (χ1v) is 8.60. The van der Waals surface area contributed by atoms with Crippen LogP contribution in [0.25, 0.3) is 0 Å². The van der Waals surface area contributed by atoms with Crippen LogP contribution in [0.4, 0.5) is 0 Å². The third-order valence-electron chi connectivity index (χ3n) is 4.77. The van der Waals surface area contributed by atoms with Crippen LogP contribution in [0, 0.1) is 5.41 Å². The Balaban J connectivity index is 1.69. The van der Waals surface area contributed by atoms with Crippen molar-refractivity contribution >= 4 is 21.8 Å². The van der Waals surface area contributed by atoms with Gasteiger partial charge in [0.15, 0.2) is 0 Å². The topological polar surface area (TPSA) is 38.3 Å². The summed E-state index contributed by atoms with van der Waals surface area (Å²) in [7, 11) is 0. The van der Waals surface area contributed by atoms with Crippen molar-refractivity contribution in [2.75, 3.05) is 6.61 Å². The molecule has 0 spiro atoms. The Labute approximate surface area is 134 Å². The van der Waals surface area contributed by atoms with Crippen LogP contribution in [0.3, 0.4) is 0 Å². The minimum atomic E-state index is -0.186. The number of ether oxygens (including phenoxy) is 1. The SMILES string of the molecule is CC1(C(=O)NCc2cc(Br)cc3c2OCC3)CCCCC1.